The highest BCUT2D eigenvalue weighted by molar-refractivity contribution is 5.94. The number of nitrogens with one attached hydrogen (secondary N) is 1. The van der Waals surface area contributed by atoms with Crippen molar-refractivity contribution in [3.63, 3.8) is 0 Å². The van der Waals surface area contributed by atoms with E-state index in [4.69, 9.17) is 9.47 Å². The summed E-state index contributed by atoms with van der Waals surface area (Å²) in [5.74, 6) is 1.47. The number of ether oxygens (including phenoxy) is 2. The molecule has 2 heterocycles. The minimum absolute atomic E-state index is 0.0198. The third kappa shape index (κ3) is 4.98. The fourth-order valence-electron chi connectivity index (χ4n) is 3.39. The van der Waals surface area contributed by atoms with Crippen LogP contribution in [0.4, 0.5) is 5.69 Å². The zero-order chi connectivity index (χ0) is 19.1. The van der Waals surface area contributed by atoms with Crippen LogP contribution in [-0.2, 0) is 11.3 Å². The lowest BCUT2D eigenvalue weighted by atomic mass is 9.95. The lowest BCUT2D eigenvalue weighted by Gasteiger charge is -2.31. The van der Waals surface area contributed by atoms with E-state index >= 15 is 0 Å². The molecule has 1 aliphatic rings. The number of carbonyl (C=O) groups excluding carboxylic acids is 1. The molecule has 1 fully saturated rings. The minimum Gasteiger partial charge on any atom is -0.495 e. The standard InChI is InChI=1S/C21H27N3O3/c1-3-27-21-17(7-6-12-22-21)15-24-13-10-16(11-14-24)20(25)23-18-8-4-5-9-19(18)26-2/h4-9,12,16H,3,10-11,13-15H2,1-2H3,(H,23,25). The van der Waals surface area contributed by atoms with Crippen molar-refractivity contribution >= 4 is 11.6 Å². The number of hydrogen-bond donors (Lipinski definition) is 1. The summed E-state index contributed by atoms with van der Waals surface area (Å²) in [5.41, 5.74) is 1.82. The van der Waals surface area contributed by atoms with E-state index < -0.39 is 0 Å². The Morgan fingerprint density at radius 2 is 2.00 bits per heavy atom. The largest absolute Gasteiger partial charge is 0.495 e. The van der Waals surface area contributed by atoms with Crippen molar-refractivity contribution in [3.8, 4) is 11.6 Å². The number of carbonyl (C=O) groups is 1. The molecule has 144 valence electrons. The summed E-state index contributed by atoms with van der Waals surface area (Å²) >= 11 is 0. The number of methoxy groups -OCH3 is 1. The van der Waals surface area contributed by atoms with Crippen LogP contribution in [0.15, 0.2) is 42.6 Å². The van der Waals surface area contributed by atoms with Gasteiger partial charge in [0.05, 0.1) is 19.4 Å². The Balaban J connectivity index is 1.53. The molecular formula is C21H27N3O3. The van der Waals surface area contributed by atoms with Gasteiger partial charge >= 0.3 is 0 Å². The molecule has 0 spiro atoms. The molecule has 1 saturated heterocycles. The molecule has 0 aliphatic carbocycles. The Morgan fingerprint density at radius 3 is 2.74 bits per heavy atom. The number of amides is 1. The first kappa shape index (κ1) is 19.2. The summed E-state index contributed by atoms with van der Waals surface area (Å²) in [6.07, 6.45) is 3.43. The van der Waals surface area contributed by atoms with Crippen LogP contribution in [0.25, 0.3) is 0 Å². The summed E-state index contributed by atoms with van der Waals surface area (Å²) in [4.78, 5) is 19.3. The van der Waals surface area contributed by atoms with Crippen molar-refractivity contribution in [2.24, 2.45) is 5.92 Å². The van der Waals surface area contributed by atoms with E-state index in [-0.39, 0.29) is 11.8 Å². The average molecular weight is 369 g/mol. The number of piperidine rings is 1. The highest BCUT2D eigenvalue weighted by Crippen LogP contribution is 2.26. The fourth-order valence-corrected chi connectivity index (χ4v) is 3.39. The lowest BCUT2D eigenvalue weighted by Crippen LogP contribution is -2.37. The van der Waals surface area contributed by atoms with E-state index in [9.17, 15) is 4.79 Å². The van der Waals surface area contributed by atoms with Crippen molar-refractivity contribution < 1.29 is 14.3 Å². The highest BCUT2D eigenvalue weighted by atomic mass is 16.5. The number of benzene rings is 1. The number of nitrogens with zero attached hydrogens (tertiary/aromatic N) is 2. The van der Waals surface area contributed by atoms with Gasteiger partial charge < -0.3 is 14.8 Å². The van der Waals surface area contributed by atoms with Crippen molar-refractivity contribution in [2.75, 3.05) is 32.1 Å². The van der Waals surface area contributed by atoms with Crippen LogP contribution in [0.5, 0.6) is 11.6 Å². The molecule has 1 N–H and O–H groups in total. The van der Waals surface area contributed by atoms with Gasteiger partial charge in [0.1, 0.15) is 5.75 Å². The van der Waals surface area contributed by atoms with Gasteiger partial charge in [0.25, 0.3) is 0 Å². The molecule has 0 bridgehead atoms. The van der Waals surface area contributed by atoms with Crippen LogP contribution in [0, 0.1) is 5.92 Å². The molecule has 0 atom stereocenters. The van der Waals surface area contributed by atoms with Crippen LogP contribution in [0.3, 0.4) is 0 Å². The number of aromatic nitrogens is 1. The number of para-hydroxylation sites is 2. The van der Waals surface area contributed by atoms with Crippen LogP contribution < -0.4 is 14.8 Å². The van der Waals surface area contributed by atoms with Gasteiger partial charge in [-0.3, -0.25) is 9.69 Å². The summed E-state index contributed by atoms with van der Waals surface area (Å²) in [6.45, 7) is 5.12. The maximum atomic E-state index is 12.6. The van der Waals surface area contributed by atoms with Crippen LogP contribution in [0.1, 0.15) is 25.3 Å². The van der Waals surface area contributed by atoms with E-state index in [1.807, 2.05) is 37.3 Å². The zero-order valence-corrected chi connectivity index (χ0v) is 16.0. The van der Waals surface area contributed by atoms with Gasteiger partial charge in [-0.15, -0.1) is 0 Å². The molecule has 2 aromatic rings. The maximum absolute atomic E-state index is 12.6. The molecule has 0 saturated carbocycles. The van der Waals surface area contributed by atoms with Crippen LogP contribution in [0.2, 0.25) is 0 Å². The molecular weight excluding hydrogens is 342 g/mol. The Kier molecular flexibility index (Phi) is 6.65. The molecule has 1 aromatic heterocycles. The van der Waals surface area contributed by atoms with E-state index in [0.29, 0.717) is 18.2 Å². The van der Waals surface area contributed by atoms with Gasteiger partial charge in [-0.25, -0.2) is 4.98 Å². The topological polar surface area (TPSA) is 63.7 Å². The normalized spacial score (nSPS) is 15.3. The summed E-state index contributed by atoms with van der Waals surface area (Å²) in [5, 5.41) is 3.01. The molecule has 6 nitrogen and oxygen atoms in total. The van der Waals surface area contributed by atoms with Gasteiger partial charge in [0.15, 0.2) is 0 Å². The predicted octanol–water partition coefficient (Wildman–Crippen LogP) is 3.34. The molecule has 0 unspecified atom stereocenters. The van der Waals surface area contributed by atoms with Crippen LogP contribution >= 0.6 is 0 Å². The number of rotatable bonds is 7. The van der Waals surface area contributed by atoms with Gasteiger partial charge in [-0.05, 0) is 51.1 Å². The molecule has 3 rings (SSSR count). The SMILES string of the molecule is CCOc1ncccc1CN1CCC(C(=O)Nc2ccccc2OC)CC1. The predicted molar refractivity (Wildman–Crippen MR) is 105 cm³/mol. The molecule has 1 aromatic carbocycles. The maximum Gasteiger partial charge on any atom is 0.227 e. The second-order valence-electron chi connectivity index (χ2n) is 6.64. The average Bonchev–Trinajstić information content (AvgIpc) is 2.70. The molecule has 1 amide bonds. The first-order valence-corrected chi connectivity index (χ1v) is 9.44. The summed E-state index contributed by atoms with van der Waals surface area (Å²) in [6, 6.07) is 11.5. The van der Waals surface area contributed by atoms with Crippen molar-refractivity contribution in [1.29, 1.82) is 0 Å². The van der Waals surface area contributed by atoms with Crippen molar-refractivity contribution in [1.82, 2.24) is 9.88 Å². The molecule has 1 aliphatic heterocycles. The second kappa shape index (κ2) is 9.37. The van der Waals surface area contributed by atoms with Crippen molar-refractivity contribution in [3.05, 3.63) is 48.2 Å². The minimum atomic E-state index is 0.0198. The Morgan fingerprint density at radius 1 is 1.22 bits per heavy atom. The number of anilines is 1. The monoisotopic (exact) mass is 369 g/mol. The second-order valence-corrected chi connectivity index (χ2v) is 6.64. The third-order valence-corrected chi connectivity index (χ3v) is 4.85. The van der Waals surface area contributed by atoms with E-state index in [2.05, 4.69) is 21.3 Å². The number of hydrogen-bond acceptors (Lipinski definition) is 5. The highest BCUT2D eigenvalue weighted by Gasteiger charge is 2.26. The Labute approximate surface area is 160 Å². The van der Waals surface area contributed by atoms with E-state index in [0.717, 1.165) is 43.7 Å². The first-order valence-electron chi connectivity index (χ1n) is 9.44. The Hall–Kier alpha value is -2.60. The number of likely N-dealkylation sites (tertiary alicyclic amines) is 1. The van der Waals surface area contributed by atoms with Gasteiger partial charge in [0.2, 0.25) is 11.8 Å². The fraction of sp³-hybridized carbons (Fsp3) is 0.429. The Bertz CT molecular complexity index is 758. The van der Waals surface area contributed by atoms with Gasteiger partial charge in [0, 0.05) is 24.2 Å². The quantitative estimate of drug-likeness (QED) is 0.811. The van der Waals surface area contributed by atoms with Gasteiger partial charge in [-0.1, -0.05) is 18.2 Å². The third-order valence-electron chi connectivity index (χ3n) is 4.85. The lowest BCUT2D eigenvalue weighted by molar-refractivity contribution is -0.121. The summed E-state index contributed by atoms with van der Waals surface area (Å²) in [7, 11) is 1.61. The molecule has 0 radical (unpaired) electrons. The zero-order valence-electron chi connectivity index (χ0n) is 16.0. The molecule has 6 heteroatoms. The van der Waals surface area contributed by atoms with E-state index in [1.54, 1.807) is 13.3 Å². The number of pyridine rings is 1. The van der Waals surface area contributed by atoms with E-state index in [1.165, 1.54) is 0 Å². The smallest absolute Gasteiger partial charge is 0.227 e. The van der Waals surface area contributed by atoms with Crippen molar-refractivity contribution in [2.45, 2.75) is 26.3 Å². The molecule has 27 heavy (non-hydrogen) atoms. The van der Waals surface area contributed by atoms with Gasteiger partial charge in [-0.2, -0.15) is 0 Å². The first-order chi connectivity index (χ1) is 13.2. The summed E-state index contributed by atoms with van der Waals surface area (Å²) < 4.78 is 10.9. The van der Waals surface area contributed by atoms with Crippen LogP contribution in [-0.4, -0.2) is 42.6 Å².